The summed E-state index contributed by atoms with van der Waals surface area (Å²) >= 11 is 0. The Bertz CT molecular complexity index is 1080. The van der Waals surface area contributed by atoms with E-state index in [0.717, 1.165) is 11.1 Å². The number of benzene rings is 2. The summed E-state index contributed by atoms with van der Waals surface area (Å²) in [6.45, 7) is 8.87. The van der Waals surface area contributed by atoms with Crippen LogP contribution in [0.1, 0.15) is 31.9 Å². The summed E-state index contributed by atoms with van der Waals surface area (Å²) in [5, 5.41) is 0. The van der Waals surface area contributed by atoms with E-state index in [9.17, 15) is 16.8 Å². The van der Waals surface area contributed by atoms with Crippen LogP contribution in [-0.4, -0.2) is 55.0 Å². The van der Waals surface area contributed by atoms with Gasteiger partial charge < -0.3 is 9.47 Å². The molecule has 0 aliphatic rings. The average Bonchev–Trinajstić information content (AvgIpc) is 2.75. The quantitative estimate of drug-likeness (QED) is 0.384. The van der Waals surface area contributed by atoms with Gasteiger partial charge in [0, 0.05) is 0 Å². The van der Waals surface area contributed by atoms with Crippen molar-refractivity contribution in [2.75, 3.05) is 19.8 Å². The van der Waals surface area contributed by atoms with Crippen LogP contribution >= 0.6 is 0 Å². The number of hydrogen-bond donors (Lipinski definition) is 0. The zero-order chi connectivity index (χ0) is 24.6. The maximum atomic E-state index is 12.3. The summed E-state index contributed by atoms with van der Waals surface area (Å²) in [6.07, 6.45) is -1.56. The Morgan fingerprint density at radius 3 is 1.48 bits per heavy atom. The van der Waals surface area contributed by atoms with Crippen molar-refractivity contribution >= 4 is 20.2 Å². The molecule has 2 rings (SSSR count). The lowest BCUT2D eigenvalue weighted by Crippen LogP contribution is -2.28. The molecule has 0 fully saturated rings. The number of aryl methyl sites for hydroxylation is 2. The maximum Gasteiger partial charge on any atom is 0.297 e. The molecule has 3 unspecified atom stereocenters. The Balaban J connectivity index is 1.72. The van der Waals surface area contributed by atoms with Gasteiger partial charge >= 0.3 is 0 Å². The van der Waals surface area contributed by atoms with Gasteiger partial charge in [-0.2, -0.15) is 16.8 Å². The van der Waals surface area contributed by atoms with Gasteiger partial charge in [-0.25, -0.2) is 0 Å². The van der Waals surface area contributed by atoms with E-state index in [2.05, 4.69) is 0 Å². The van der Waals surface area contributed by atoms with Crippen molar-refractivity contribution in [3.8, 4) is 0 Å². The zero-order valence-electron chi connectivity index (χ0n) is 19.6. The second kappa shape index (κ2) is 12.0. The average molecular weight is 501 g/mol. The van der Waals surface area contributed by atoms with E-state index in [1.807, 2.05) is 13.8 Å². The van der Waals surface area contributed by atoms with Gasteiger partial charge in [0.05, 0.1) is 47.9 Å². The molecule has 0 aliphatic heterocycles. The van der Waals surface area contributed by atoms with Crippen molar-refractivity contribution in [3.05, 3.63) is 59.7 Å². The van der Waals surface area contributed by atoms with Crippen molar-refractivity contribution in [1.29, 1.82) is 0 Å². The molecule has 184 valence electrons. The Morgan fingerprint density at radius 2 is 1.00 bits per heavy atom. The fourth-order valence-corrected chi connectivity index (χ4v) is 4.70. The molecule has 0 heterocycles. The zero-order valence-corrected chi connectivity index (χ0v) is 21.2. The van der Waals surface area contributed by atoms with E-state index in [1.54, 1.807) is 45.0 Å². The largest absolute Gasteiger partial charge is 0.373 e. The maximum absolute atomic E-state index is 12.3. The van der Waals surface area contributed by atoms with Gasteiger partial charge in [0.15, 0.2) is 0 Å². The van der Waals surface area contributed by atoms with Crippen LogP contribution in [0.25, 0.3) is 0 Å². The molecule has 0 N–H and O–H groups in total. The predicted octanol–water partition coefficient (Wildman–Crippen LogP) is 3.61. The molecular weight excluding hydrogens is 468 g/mol. The van der Waals surface area contributed by atoms with Crippen LogP contribution in [0.4, 0.5) is 0 Å². The highest BCUT2D eigenvalue weighted by molar-refractivity contribution is 7.87. The van der Waals surface area contributed by atoms with Gasteiger partial charge in [-0.05, 0) is 58.9 Å². The predicted molar refractivity (Wildman–Crippen MR) is 124 cm³/mol. The minimum absolute atomic E-state index is 0.0440. The number of hydrogen-bond acceptors (Lipinski definition) is 8. The van der Waals surface area contributed by atoms with E-state index in [4.69, 9.17) is 17.8 Å². The fourth-order valence-electron chi connectivity index (χ4n) is 2.66. The van der Waals surface area contributed by atoms with E-state index < -0.39 is 32.4 Å². The van der Waals surface area contributed by atoms with Crippen LogP contribution in [-0.2, 0) is 38.1 Å². The third kappa shape index (κ3) is 9.15. The van der Waals surface area contributed by atoms with E-state index in [0.29, 0.717) is 0 Å². The molecule has 0 saturated heterocycles. The molecule has 2 aromatic rings. The topological polar surface area (TPSA) is 105 Å². The molecule has 10 heteroatoms. The summed E-state index contributed by atoms with van der Waals surface area (Å²) < 4.78 is 70.6. The molecule has 0 aromatic heterocycles. The molecule has 0 aliphatic carbocycles. The molecule has 0 amide bonds. The first kappa shape index (κ1) is 27.4. The second-order valence-electron chi connectivity index (χ2n) is 8.01. The van der Waals surface area contributed by atoms with Gasteiger partial charge in [0.25, 0.3) is 20.2 Å². The van der Waals surface area contributed by atoms with Crippen LogP contribution in [0.15, 0.2) is 58.3 Å². The van der Waals surface area contributed by atoms with Gasteiger partial charge in [-0.1, -0.05) is 35.4 Å². The standard InChI is InChI=1S/C23H32O8S2/c1-17-6-10-22(11-7-17)32(24,25)30-16-20(4)28-14-19(3)29-15-21(5)31-33(26,27)23-12-8-18(2)9-13-23/h6-13,19-21H,14-16H2,1-5H3. The van der Waals surface area contributed by atoms with Crippen molar-refractivity contribution in [2.45, 2.75) is 62.7 Å². The highest BCUT2D eigenvalue weighted by atomic mass is 32.2. The minimum Gasteiger partial charge on any atom is -0.373 e. The molecular formula is C23H32O8S2. The highest BCUT2D eigenvalue weighted by Gasteiger charge is 2.21. The Hall–Kier alpha value is -1.82. The summed E-state index contributed by atoms with van der Waals surface area (Å²) in [7, 11) is -7.74. The van der Waals surface area contributed by atoms with Crippen LogP contribution < -0.4 is 0 Å². The summed E-state index contributed by atoms with van der Waals surface area (Å²) in [5.41, 5.74) is 1.90. The first-order valence-corrected chi connectivity index (χ1v) is 13.4. The smallest absolute Gasteiger partial charge is 0.297 e. The molecule has 0 spiro atoms. The van der Waals surface area contributed by atoms with Crippen LogP contribution in [0.5, 0.6) is 0 Å². The first-order valence-electron chi connectivity index (χ1n) is 10.6. The van der Waals surface area contributed by atoms with Gasteiger partial charge in [-0.3, -0.25) is 8.37 Å². The number of rotatable bonds is 13. The van der Waals surface area contributed by atoms with Gasteiger partial charge in [0.1, 0.15) is 0 Å². The fraction of sp³-hybridized carbons (Fsp3) is 0.478. The van der Waals surface area contributed by atoms with Crippen molar-refractivity contribution in [3.63, 3.8) is 0 Å². The SMILES string of the molecule is Cc1ccc(S(=O)(=O)OCC(C)OCC(C)OCC(C)OS(=O)(=O)c2ccc(C)cc2)cc1. The molecule has 0 bridgehead atoms. The van der Waals surface area contributed by atoms with E-state index >= 15 is 0 Å². The lowest BCUT2D eigenvalue weighted by molar-refractivity contribution is -0.0558. The Kier molecular flexibility index (Phi) is 10.0. The van der Waals surface area contributed by atoms with Crippen LogP contribution in [0.2, 0.25) is 0 Å². The lowest BCUT2D eigenvalue weighted by atomic mass is 10.2. The van der Waals surface area contributed by atoms with Gasteiger partial charge in [0.2, 0.25) is 0 Å². The highest BCUT2D eigenvalue weighted by Crippen LogP contribution is 2.16. The first-order chi connectivity index (χ1) is 15.4. The second-order valence-corrected chi connectivity index (χ2v) is 11.2. The molecule has 0 saturated carbocycles. The molecule has 3 atom stereocenters. The van der Waals surface area contributed by atoms with Crippen molar-refractivity contribution in [2.24, 2.45) is 0 Å². The lowest BCUT2D eigenvalue weighted by Gasteiger charge is -2.20. The molecule has 0 radical (unpaired) electrons. The Morgan fingerprint density at radius 1 is 0.606 bits per heavy atom. The summed E-state index contributed by atoms with van der Waals surface area (Å²) in [5.74, 6) is 0. The van der Waals surface area contributed by atoms with Crippen LogP contribution in [0.3, 0.4) is 0 Å². The molecule has 8 nitrogen and oxygen atoms in total. The van der Waals surface area contributed by atoms with E-state index in [1.165, 1.54) is 24.3 Å². The molecule has 33 heavy (non-hydrogen) atoms. The third-order valence-electron chi connectivity index (χ3n) is 4.60. The summed E-state index contributed by atoms with van der Waals surface area (Å²) in [6, 6.07) is 12.8. The normalized spacial score (nSPS) is 15.2. The van der Waals surface area contributed by atoms with E-state index in [-0.39, 0.29) is 35.7 Å². The third-order valence-corrected chi connectivity index (χ3v) is 7.33. The minimum atomic E-state index is -3.88. The molecule has 2 aromatic carbocycles. The monoisotopic (exact) mass is 500 g/mol. The van der Waals surface area contributed by atoms with Gasteiger partial charge in [-0.15, -0.1) is 0 Å². The van der Waals surface area contributed by atoms with Crippen LogP contribution in [0, 0.1) is 13.8 Å². The van der Waals surface area contributed by atoms with Crippen molar-refractivity contribution < 1.29 is 34.7 Å². The Labute approximate surface area is 197 Å². The summed E-state index contributed by atoms with van der Waals surface area (Å²) in [4.78, 5) is 0.178. The van der Waals surface area contributed by atoms with Crippen molar-refractivity contribution in [1.82, 2.24) is 0 Å². The number of ether oxygens (including phenoxy) is 2.